The minimum Gasteiger partial charge on any atom is -0.343 e. The van der Waals surface area contributed by atoms with Crippen molar-refractivity contribution >= 4 is 33.6 Å². The van der Waals surface area contributed by atoms with Crippen molar-refractivity contribution in [2.45, 2.75) is 13.5 Å². The number of rotatable bonds is 5. The fourth-order valence-corrected chi connectivity index (χ4v) is 2.36. The molecule has 0 radical (unpaired) electrons. The van der Waals surface area contributed by atoms with Crippen molar-refractivity contribution in [3.8, 4) is 0 Å². The van der Waals surface area contributed by atoms with Gasteiger partial charge in [0.1, 0.15) is 5.69 Å². The molecule has 0 unspecified atom stereocenters. The van der Waals surface area contributed by atoms with E-state index in [9.17, 15) is 4.79 Å². The molecule has 1 aromatic heterocycles. The van der Waals surface area contributed by atoms with Gasteiger partial charge in [-0.3, -0.25) is 4.79 Å². The van der Waals surface area contributed by atoms with E-state index in [-0.39, 0.29) is 5.91 Å². The number of carbonyl (C=O) groups is 1. The van der Waals surface area contributed by atoms with Crippen LogP contribution >= 0.6 is 27.7 Å². The summed E-state index contributed by atoms with van der Waals surface area (Å²) in [6.45, 7) is 3.63. The van der Waals surface area contributed by atoms with E-state index in [4.69, 9.17) is 0 Å². The third kappa shape index (κ3) is 3.28. The highest BCUT2D eigenvalue weighted by Gasteiger charge is 2.15. The molecule has 3 nitrogen and oxygen atoms in total. The summed E-state index contributed by atoms with van der Waals surface area (Å²) < 4.78 is 2.91. The van der Waals surface area contributed by atoms with Crippen LogP contribution in [0.3, 0.4) is 0 Å². The number of aromatic nitrogens is 1. The first kappa shape index (κ1) is 13.6. The van der Waals surface area contributed by atoms with E-state index in [2.05, 4.69) is 15.9 Å². The van der Waals surface area contributed by atoms with Crippen LogP contribution in [-0.4, -0.2) is 41.0 Å². The van der Waals surface area contributed by atoms with Gasteiger partial charge in [0.2, 0.25) is 0 Å². The SMILES string of the molecule is CCn1cc(Br)cc1C(=O)N(C)CCSC. The number of halogens is 1. The Bertz CT molecular complexity index is 365. The Labute approximate surface area is 109 Å². The number of nitrogens with zero attached hydrogens (tertiary/aromatic N) is 2. The molecule has 0 aromatic carbocycles. The zero-order chi connectivity index (χ0) is 12.1. The smallest absolute Gasteiger partial charge is 0.270 e. The molecular formula is C11H17BrN2OS. The molecule has 16 heavy (non-hydrogen) atoms. The lowest BCUT2D eigenvalue weighted by Crippen LogP contribution is -2.30. The summed E-state index contributed by atoms with van der Waals surface area (Å²) in [6.07, 6.45) is 3.99. The van der Waals surface area contributed by atoms with Crippen molar-refractivity contribution in [2.75, 3.05) is 25.6 Å². The number of hydrogen-bond acceptors (Lipinski definition) is 2. The standard InChI is InChI=1S/C11H17BrN2OS/c1-4-14-8-9(12)7-10(14)11(15)13(2)5-6-16-3/h7-8H,4-6H2,1-3H3. The van der Waals surface area contributed by atoms with Gasteiger partial charge in [-0.1, -0.05) is 0 Å². The molecule has 90 valence electrons. The molecule has 0 N–H and O–H groups in total. The molecule has 0 saturated heterocycles. The van der Waals surface area contributed by atoms with Crippen LogP contribution in [0.4, 0.5) is 0 Å². The van der Waals surface area contributed by atoms with Crippen molar-refractivity contribution in [3.63, 3.8) is 0 Å². The first-order valence-electron chi connectivity index (χ1n) is 5.20. The predicted octanol–water partition coefficient (Wildman–Crippen LogP) is 2.71. The van der Waals surface area contributed by atoms with E-state index in [1.54, 1.807) is 16.7 Å². The third-order valence-corrected chi connectivity index (χ3v) is 3.43. The molecule has 1 amide bonds. The van der Waals surface area contributed by atoms with Gasteiger partial charge in [-0.05, 0) is 35.2 Å². The van der Waals surface area contributed by atoms with E-state index in [1.807, 2.05) is 37.1 Å². The van der Waals surface area contributed by atoms with E-state index < -0.39 is 0 Å². The van der Waals surface area contributed by atoms with Crippen LogP contribution in [0.5, 0.6) is 0 Å². The summed E-state index contributed by atoms with van der Waals surface area (Å²) >= 11 is 5.15. The van der Waals surface area contributed by atoms with Crippen molar-refractivity contribution < 1.29 is 4.79 Å². The van der Waals surface area contributed by atoms with Crippen molar-refractivity contribution in [3.05, 3.63) is 22.4 Å². The molecule has 0 spiro atoms. The first-order chi connectivity index (χ1) is 7.60. The Kier molecular flexibility index (Phi) is 5.41. The van der Waals surface area contributed by atoms with Crippen molar-refractivity contribution in [1.29, 1.82) is 0 Å². The fraction of sp³-hybridized carbons (Fsp3) is 0.545. The van der Waals surface area contributed by atoms with Crippen LogP contribution in [0.25, 0.3) is 0 Å². The van der Waals surface area contributed by atoms with Gasteiger partial charge in [0.25, 0.3) is 5.91 Å². The molecule has 1 aromatic rings. The molecule has 0 bridgehead atoms. The van der Waals surface area contributed by atoms with E-state index >= 15 is 0 Å². The second-order valence-electron chi connectivity index (χ2n) is 3.55. The summed E-state index contributed by atoms with van der Waals surface area (Å²) in [6, 6.07) is 1.88. The lowest BCUT2D eigenvalue weighted by atomic mass is 10.3. The third-order valence-electron chi connectivity index (χ3n) is 2.40. The Hall–Kier alpha value is -0.420. The normalized spacial score (nSPS) is 10.5. The minimum absolute atomic E-state index is 0.0848. The van der Waals surface area contributed by atoms with Crippen LogP contribution in [-0.2, 0) is 6.54 Å². The lowest BCUT2D eigenvalue weighted by Gasteiger charge is -2.17. The Balaban J connectivity index is 2.78. The highest BCUT2D eigenvalue weighted by atomic mass is 79.9. The van der Waals surface area contributed by atoms with Gasteiger partial charge in [0.15, 0.2) is 0 Å². The zero-order valence-electron chi connectivity index (χ0n) is 9.86. The average molecular weight is 305 g/mol. The molecule has 0 aliphatic carbocycles. The van der Waals surface area contributed by atoms with E-state index in [1.165, 1.54) is 0 Å². The van der Waals surface area contributed by atoms with Gasteiger partial charge in [-0.2, -0.15) is 11.8 Å². The number of aryl methyl sites for hydroxylation is 1. The molecule has 5 heteroatoms. The summed E-state index contributed by atoms with van der Waals surface area (Å²) in [5.74, 6) is 1.05. The topological polar surface area (TPSA) is 25.2 Å². The highest BCUT2D eigenvalue weighted by Crippen LogP contribution is 2.16. The highest BCUT2D eigenvalue weighted by molar-refractivity contribution is 9.10. The molecular weight excluding hydrogens is 288 g/mol. The summed E-state index contributed by atoms with van der Waals surface area (Å²) in [5.41, 5.74) is 0.748. The minimum atomic E-state index is 0.0848. The van der Waals surface area contributed by atoms with Gasteiger partial charge in [-0.15, -0.1) is 0 Å². The van der Waals surface area contributed by atoms with E-state index in [0.717, 1.165) is 29.0 Å². The van der Waals surface area contributed by atoms with Crippen LogP contribution in [0.2, 0.25) is 0 Å². The molecule has 1 heterocycles. The molecule has 0 atom stereocenters. The molecule has 0 saturated carbocycles. The molecule has 0 fully saturated rings. The van der Waals surface area contributed by atoms with Gasteiger partial charge in [-0.25, -0.2) is 0 Å². The van der Waals surface area contributed by atoms with Crippen LogP contribution in [0, 0.1) is 0 Å². The van der Waals surface area contributed by atoms with E-state index in [0.29, 0.717) is 0 Å². The Morgan fingerprint density at radius 3 is 2.88 bits per heavy atom. The largest absolute Gasteiger partial charge is 0.343 e. The van der Waals surface area contributed by atoms with Crippen molar-refractivity contribution in [2.24, 2.45) is 0 Å². The fourth-order valence-electron chi connectivity index (χ4n) is 1.44. The van der Waals surface area contributed by atoms with Crippen LogP contribution in [0.1, 0.15) is 17.4 Å². The monoisotopic (exact) mass is 304 g/mol. The summed E-state index contributed by atoms with van der Waals surface area (Å²) in [7, 11) is 1.85. The first-order valence-corrected chi connectivity index (χ1v) is 7.39. The van der Waals surface area contributed by atoms with Crippen LogP contribution in [0.15, 0.2) is 16.7 Å². The summed E-state index contributed by atoms with van der Waals surface area (Å²) in [5, 5.41) is 0. The second-order valence-corrected chi connectivity index (χ2v) is 5.45. The van der Waals surface area contributed by atoms with Crippen molar-refractivity contribution in [1.82, 2.24) is 9.47 Å². The zero-order valence-corrected chi connectivity index (χ0v) is 12.3. The maximum absolute atomic E-state index is 12.1. The molecule has 1 rings (SSSR count). The number of carbonyl (C=O) groups excluding carboxylic acids is 1. The quantitative estimate of drug-likeness (QED) is 0.836. The Morgan fingerprint density at radius 1 is 1.62 bits per heavy atom. The van der Waals surface area contributed by atoms with Gasteiger partial charge in [0, 0.05) is 36.6 Å². The maximum Gasteiger partial charge on any atom is 0.270 e. The molecule has 0 aliphatic heterocycles. The number of thioether (sulfide) groups is 1. The van der Waals surface area contributed by atoms with Gasteiger partial charge in [0.05, 0.1) is 0 Å². The molecule has 0 aliphatic rings. The second kappa shape index (κ2) is 6.35. The van der Waals surface area contributed by atoms with Crippen LogP contribution < -0.4 is 0 Å². The maximum atomic E-state index is 12.1. The lowest BCUT2D eigenvalue weighted by molar-refractivity contribution is 0.0793. The predicted molar refractivity (Wildman–Crippen MR) is 73.1 cm³/mol. The average Bonchev–Trinajstić information content (AvgIpc) is 2.66. The number of amides is 1. The van der Waals surface area contributed by atoms with Gasteiger partial charge < -0.3 is 9.47 Å². The van der Waals surface area contributed by atoms with Gasteiger partial charge >= 0.3 is 0 Å². The number of hydrogen-bond donors (Lipinski definition) is 0. The Morgan fingerprint density at radius 2 is 2.31 bits per heavy atom. The summed E-state index contributed by atoms with van der Waals surface area (Å²) in [4.78, 5) is 13.9.